The minimum atomic E-state index is -0.448. The van der Waals surface area contributed by atoms with Crippen molar-refractivity contribution in [1.29, 1.82) is 0 Å². The number of benzene rings is 1. The SMILES string of the molecule is Nc1cnn(Cc2nc3cc(F)cc(Cl)c3o2)c1. The van der Waals surface area contributed by atoms with Crippen LogP contribution in [-0.2, 0) is 6.54 Å². The molecule has 0 aliphatic rings. The van der Waals surface area contributed by atoms with Crippen LogP contribution < -0.4 is 5.73 Å². The summed E-state index contributed by atoms with van der Waals surface area (Å²) in [5.74, 6) is -0.0590. The smallest absolute Gasteiger partial charge is 0.217 e. The van der Waals surface area contributed by atoms with E-state index in [0.29, 0.717) is 29.2 Å². The second kappa shape index (κ2) is 3.99. The maximum absolute atomic E-state index is 13.1. The summed E-state index contributed by atoms with van der Waals surface area (Å²) < 4.78 is 20.2. The molecule has 0 saturated heterocycles. The Hall–Kier alpha value is -2.08. The van der Waals surface area contributed by atoms with E-state index in [2.05, 4.69) is 10.1 Å². The lowest BCUT2D eigenvalue weighted by Gasteiger charge is -1.94. The molecule has 1 aromatic carbocycles. The predicted octanol–water partition coefficient (Wildman–Crippen LogP) is 2.45. The number of nitrogen functional groups attached to an aromatic ring is 1. The van der Waals surface area contributed by atoms with Gasteiger partial charge in [0.25, 0.3) is 0 Å². The van der Waals surface area contributed by atoms with Crippen molar-refractivity contribution < 1.29 is 8.81 Å². The van der Waals surface area contributed by atoms with E-state index in [1.165, 1.54) is 18.3 Å². The summed E-state index contributed by atoms with van der Waals surface area (Å²) in [4.78, 5) is 4.15. The molecule has 7 heteroatoms. The Morgan fingerprint density at radius 1 is 1.44 bits per heavy atom. The Kier molecular flexibility index (Phi) is 2.45. The van der Waals surface area contributed by atoms with Gasteiger partial charge in [-0.05, 0) is 6.07 Å². The van der Waals surface area contributed by atoms with Gasteiger partial charge in [-0.15, -0.1) is 0 Å². The van der Waals surface area contributed by atoms with Crippen LogP contribution in [-0.4, -0.2) is 14.8 Å². The van der Waals surface area contributed by atoms with Gasteiger partial charge in [0.05, 0.1) is 16.9 Å². The lowest BCUT2D eigenvalue weighted by molar-refractivity contribution is 0.491. The molecular formula is C11H8ClFN4O. The maximum atomic E-state index is 13.1. The fourth-order valence-corrected chi connectivity index (χ4v) is 1.92. The van der Waals surface area contributed by atoms with Crippen molar-refractivity contribution in [3.05, 3.63) is 41.3 Å². The Morgan fingerprint density at radius 3 is 3.00 bits per heavy atom. The lowest BCUT2D eigenvalue weighted by atomic mass is 10.3. The number of aromatic nitrogens is 3. The van der Waals surface area contributed by atoms with E-state index in [1.807, 2.05) is 0 Å². The summed E-state index contributed by atoms with van der Waals surface area (Å²) in [6.07, 6.45) is 3.17. The Morgan fingerprint density at radius 2 is 2.28 bits per heavy atom. The molecule has 0 amide bonds. The molecule has 0 fully saturated rings. The monoisotopic (exact) mass is 266 g/mol. The molecule has 0 radical (unpaired) electrons. The number of anilines is 1. The van der Waals surface area contributed by atoms with Crippen molar-refractivity contribution in [2.24, 2.45) is 0 Å². The zero-order valence-electron chi connectivity index (χ0n) is 9.10. The molecule has 3 aromatic rings. The van der Waals surface area contributed by atoms with Crippen LogP contribution in [0, 0.1) is 5.82 Å². The molecule has 2 heterocycles. The van der Waals surface area contributed by atoms with Crippen LogP contribution in [0.3, 0.4) is 0 Å². The molecule has 0 unspecified atom stereocenters. The Labute approximate surface area is 106 Å². The number of nitrogens with two attached hydrogens (primary N) is 1. The van der Waals surface area contributed by atoms with Gasteiger partial charge in [-0.25, -0.2) is 9.37 Å². The molecule has 18 heavy (non-hydrogen) atoms. The third-order valence-electron chi connectivity index (χ3n) is 2.40. The number of oxazole rings is 1. The molecule has 0 aliphatic heterocycles. The minimum Gasteiger partial charge on any atom is -0.437 e. The molecule has 2 aromatic heterocycles. The second-order valence-electron chi connectivity index (χ2n) is 3.81. The van der Waals surface area contributed by atoms with Gasteiger partial charge in [-0.3, -0.25) is 4.68 Å². The quantitative estimate of drug-likeness (QED) is 0.773. The number of nitrogens with zero attached hydrogens (tertiary/aromatic N) is 3. The van der Waals surface area contributed by atoms with Gasteiger partial charge >= 0.3 is 0 Å². The molecule has 5 nitrogen and oxygen atoms in total. The lowest BCUT2D eigenvalue weighted by Crippen LogP contribution is -1.99. The van der Waals surface area contributed by atoms with Gasteiger partial charge in [0.15, 0.2) is 5.58 Å². The predicted molar refractivity (Wildman–Crippen MR) is 64.7 cm³/mol. The van der Waals surface area contributed by atoms with Crippen LogP contribution in [0.5, 0.6) is 0 Å². The van der Waals surface area contributed by atoms with Gasteiger partial charge in [0, 0.05) is 12.3 Å². The third kappa shape index (κ3) is 1.91. The first-order valence-corrected chi connectivity index (χ1v) is 5.52. The fraction of sp³-hybridized carbons (Fsp3) is 0.0909. The zero-order chi connectivity index (χ0) is 12.7. The summed E-state index contributed by atoms with van der Waals surface area (Å²) in [6, 6.07) is 2.45. The summed E-state index contributed by atoms with van der Waals surface area (Å²) >= 11 is 5.87. The molecule has 0 aliphatic carbocycles. The number of rotatable bonds is 2. The van der Waals surface area contributed by atoms with Crippen LogP contribution in [0.15, 0.2) is 28.9 Å². The molecule has 0 spiro atoms. The molecule has 3 rings (SSSR count). The number of fused-ring (bicyclic) bond motifs is 1. The van der Waals surface area contributed by atoms with E-state index in [9.17, 15) is 4.39 Å². The van der Waals surface area contributed by atoms with E-state index < -0.39 is 5.82 Å². The molecule has 92 valence electrons. The highest BCUT2D eigenvalue weighted by molar-refractivity contribution is 6.34. The van der Waals surface area contributed by atoms with Crippen molar-refractivity contribution >= 4 is 28.4 Å². The normalized spacial score (nSPS) is 11.2. The zero-order valence-corrected chi connectivity index (χ0v) is 9.86. The van der Waals surface area contributed by atoms with Crippen LogP contribution in [0.1, 0.15) is 5.89 Å². The van der Waals surface area contributed by atoms with E-state index >= 15 is 0 Å². The molecule has 0 atom stereocenters. The highest BCUT2D eigenvalue weighted by Crippen LogP contribution is 2.25. The minimum absolute atomic E-state index is 0.198. The molecule has 2 N–H and O–H groups in total. The average molecular weight is 267 g/mol. The van der Waals surface area contributed by atoms with Crippen molar-refractivity contribution in [3.8, 4) is 0 Å². The summed E-state index contributed by atoms with van der Waals surface area (Å²) in [5.41, 5.74) is 6.85. The largest absolute Gasteiger partial charge is 0.437 e. The topological polar surface area (TPSA) is 69.9 Å². The van der Waals surface area contributed by atoms with Crippen molar-refractivity contribution in [1.82, 2.24) is 14.8 Å². The third-order valence-corrected chi connectivity index (χ3v) is 2.69. The van der Waals surface area contributed by atoms with E-state index in [-0.39, 0.29) is 5.02 Å². The number of hydrogen-bond acceptors (Lipinski definition) is 4. The maximum Gasteiger partial charge on any atom is 0.217 e. The summed E-state index contributed by atoms with van der Waals surface area (Å²) in [5, 5.41) is 4.20. The Bertz CT molecular complexity index is 721. The van der Waals surface area contributed by atoms with Gasteiger partial charge in [0.2, 0.25) is 5.89 Å². The molecule has 0 bridgehead atoms. The Balaban J connectivity index is 2.01. The van der Waals surface area contributed by atoms with E-state index in [4.69, 9.17) is 21.8 Å². The number of hydrogen-bond donors (Lipinski definition) is 1. The van der Waals surface area contributed by atoms with E-state index in [1.54, 1.807) is 10.9 Å². The van der Waals surface area contributed by atoms with Gasteiger partial charge in [-0.1, -0.05) is 11.6 Å². The van der Waals surface area contributed by atoms with Crippen LogP contribution in [0.2, 0.25) is 5.02 Å². The van der Waals surface area contributed by atoms with Crippen molar-refractivity contribution in [2.45, 2.75) is 6.54 Å². The standard InChI is InChI=1S/C11H8ClFN4O/c12-8-1-6(13)2-9-11(8)18-10(16-9)5-17-4-7(14)3-15-17/h1-4H,5,14H2. The molecule has 0 saturated carbocycles. The average Bonchev–Trinajstić information content (AvgIpc) is 2.85. The summed E-state index contributed by atoms with van der Waals surface area (Å²) in [7, 11) is 0. The first-order valence-electron chi connectivity index (χ1n) is 5.14. The van der Waals surface area contributed by atoms with Crippen LogP contribution >= 0.6 is 11.6 Å². The first kappa shape index (κ1) is 11.0. The van der Waals surface area contributed by atoms with Crippen molar-refractivity contribution in [2.75, 3.05) is 5.73 Å². The van der Waals surface area contributed by atoms with Crippen LogP contribution in [0.4, 0.5) is 10.1 Å². The molecular weight excluding hydrogens is 259 g/mol. The number of halogens is 2. The second-order valence-corrected chi connectivity index (χ2v) is 4.22. The summed E-state index contributed by atoms with van der Waals surface area (Å²) in [6.45, 7) is 0.309. The van der Waals surface area contributed by atoms with Crippen molar-refractivity contribution in [3.63, 3.8) is 0 Å². The van der Waals surface area contributed by atoms with Gasteiger partial charge in [0.1, 0.15) is 17.9 Å². The van der Waals surface area contributed by atoms with E-state index in [0.717, 1.165) is 0 Å². The first-order chi connectivity index (χ1) is 8.61. The highest BCUT2D eigenvalue weighted by Gasteiger charge is 2.11. The highest BCUT2D eigenvalue weighted by atomic mass is 35.5. The van der Waals surface area contributed by atoms with Gasteiger partial charge < -0.3 is 10.2 Å². The van der Waals surface area contributed by atoms with Crippen LogP contribution in [0.25, 0.3) is 11.1 Å². The van der Waals surface area contributed by atoms with Gasteiger partial charge in [-0.2, -0.15) is 5.10 Å². The fourth-order valence-electron chi connectivity index (χ4n) is 1.68.